The van der Waals surface area contributed by atoms with Crippen molar-refractivity contribution in [2.45, 2.75) is 0 Å². The van der Waals surface area contributed by atoms with Gasteiger partial charge in [-0.1, -0.05) is 12.1 Å². The van der Waals surface area contributed by atoms with Gasteiger partial charge in [0.25, 0.3) is 5.91 Å². The van der Waals surface area contributed by atoms with Crippen molar-refractivity contribution in [1.29, 1.82) is 0 Å². The summed E-state index contributed by atoms with van der Waals surface area (Å²) in [5.74, 6) is -1.20. The average Bonchev–Trinajstić information content (AvgIpc) is 2.18. The van der Waals surface area contributed by atoms with Crippen LogP contribution < -0.4 is 11.2 Å². The Labute approximate surface area is 80.8 Å². The Morgan fingerprint density at radius 2 is 2.21 bits per heavy atom. The van der Waals surface area contributed by atoms with Crippen molar-refractivity contribution in [2.75, 3.05) is 13.2 Å². The van der Waals surface area contributed by atoms with Crippen LogP contribution in [0.1, 0.15) is 10.4 Å². The summed E-state index contributed by atoms with van der Waals surface area (Å²) in [5, 5.41) is 0. The van der Waals surface area contributed by atoms with Gasteiger partial charge in [-0.25, -0.2) is 9.87 Å². The van der Waals surface area contributed by atoms with Gasteiger partial charge in [0, 0.05) is 6.54 Å². The van der Waals surface area contributed by atoms with Crippen LogP contribution in [0.25, 0.3) is 0 Å². The number of halogens is 1. The van der Waals surface area contributed by atoms with Gasteiger partial charge in [-0.15, -0.1) is 0 Å². The van der Waals surface area contributed by atoms with Gasteiger partial charge in [-0.2, -0.15) is 0 Å². The predicted octanol–water partition coefficient (Wildman–Crippen LogP) is 0.446. The van der Waals surface area contributed by atoms with E-state index in [4.69, 9.17) is 5.73 Å². The lowest BCUT2D eigenvalue weighted by molar-refractivity contribution is 0.0340. The van der Waals surface area contributed by atoms with E-state index in [1.54, 1.807) is 6.07 Å². The second-order valence-electron chi connectivity index (χ2n) is 2.55. The van der Waals surface area contributed by atoms with Crippen LogP contribution in [0, 0.1) is 5.82 Å². The zero-order valence-electron chi connectivity index (χ0n) is 7.50. The molecule has 0 radical (unpaired) electrons. The van der Waals surface area contributed by atoms with E-state index >= 15 is 0 Å². The fraction of sp³-hybridized carbons (Fsp3) is 0.222. The molecular formula is C9H11FN2O2. The highest BCUT2D eigenvalue weighted by atomic mass is 19.1. The molecule has 14 heavy (non-hydrogen) atoms. The summed E-state index contributed by atoms with van der Waals surface area (Å²) in [6, 6.07) is 5.65. The second kappa shape index (κ2) is 5.31. The van der Waals surface area contributed by atoms with Crippen molar-refractivity contribution in [3.05, 3.63) is 35.6 Å². The number of nitrogens with one attached hydrogen (secondary N) is 1. The fourth-order valence-electron chi connectivity index (χ4n) is 0.876. The smallest absolute Gasteiger partial charge is 0.277 e. The van der Waals surface area contributed by atoms with Crippen LogP contribution in [-0.4, -0.2) is 19.1 Å². The zero-order chi connectivity index (χ0) is 10.4. The Morgan fingerprint density at radius 3 is 2.86 bits per heavy atom. The van der Waals surface area contributed by atoms with Crippen LogP contribution in [0.15, 0.2) is 24.3 Å². The first-order valence-electron chi connectivity index (χ1n) is 4.12. The van der Waals surface area contributed by atoms with Gasteiger partial charge >= 0.3 is 0 Å². The van der Waals surface area contributed by atoms with E-state index in [2.05, 4.69) is 10.3 Å². The first-order chi connectivity index (χ1) is 6.75. The Kier molecular flexibility index (Phi) is 4.03. The summed E-state index contributed by atoms with van der Waals surface area (Å²) in [6.45, 7) is 0.484. The fourth-order valence-corrected chi connectivity index (χ4v) is 0.876. The molecule has 76 valence electrons. The number of benzene rings is 1. The number of hydrogen-bond acceptors (Lipinski definition) is 3. The highest BCUT2D eigenvalue weighted by Gasteiger charge is 2.09. The summed E-state index contributed by atoms with van der Waals surface area (Å²) in [6.07, 6.45) is 0. The molecule has 0 fully saturated rings. The lowest BCUT2D eigenvalue weighted by Gasteiger charge is -2.04. The van der Waals surface area contributed by atoms with Crippen LogP contribution in [0.2, 0.25) is 0 Å². The minimum Gasteiger partial charge on any atom is -0.328 e. The molecule has 0 spiro atoms. The molecule has 0 saturated carbocycles. The Balaban J connectivity index is 2.56. The second-order valence-corrected chi connectivity index (χ2v) is 2.55. The maximum atomic E-state index is 13.0. The third-order valence-corrected chi connectivity index (χ3v) is 1.50. The quantitative estimate of drug-likeness (QED) is 0.545. The lowest BCUT2D eigenvalue weighted by Crippen LogP contribution is -2.27. The number of rotatable bonds is 4. The first kappa shape index (κ1) is 10.6. The van der Waals surface area contributed by atoms with Crippen molar-refractivity contribution < 1.29 is 14.0 Å². The van der Waals surface area contributed by atoms with E-state index in [0.717, 1.165) is 0 Å². The SMILES string of the molecule is NCCONC(=O)c1ccccc1F. The molecule has 0 saturated heterocycles. The summed E-state index contributed by atoms with van der Waals surface area (Å²) in [4.78, 5) is 15.9. The largest absolute Gasteiger partial charge is 0.328 e. The standard InChI is InChI=1S/C9H11FN2O2/c10-8-4-2-1-3-7(8)9(13)12-14-6-5-11/h1-4H,5-6,11H2,(H,12,13). The van der Waals surface area contributed by atoms with Crippen LogP contribution in [0.4, 0.5) is 4.39 Å². The minimum absolute atomic E-state index is 0.0514. The first-order valence-corrected chi connectivity index (χ1v) is 4.12. The van der Waals surface area contributed by atoms with Crippen molar-refractivity contribution in [3.63, 3.8) is 0 Å². The van der Waals surface area contributed by atoms with E-state index in [-0.39, 0.29) is 18.7 Å². The minimum atomic E-state index is -0.614. The van der Waals surface area contributed by atoms with Crippen molar-refractivity contribution >= 4 is 5.91 Å². The number of carbonyl (C=O) groups excluding carboxylic acids is 1. The summed E-state index contributed by atoms with van der Waals surface area (Å²) in [7, 11) is 0. The molecule has 1 aromatic rings. The number of hydroxylamine groups is 1. The van der Waals surface area contributed by atoms with Gasteiger partial charge in [0.15, 0.2) is 0 Å². The molecule has 0 aliphatic carbocycles. The molecule has 1 rings (SSSR count). The molecule has 0 bridgehead atoms. The van der Waals surface area contributed by atoms with Gasteiger partial charge < -0.3 is 5.73 Å². The topological polar surface area (TPSA) is 64.3 Å². The van der Waals surface area contributed by atoms with Crippen LogP contribution >= 0.6 is 0 Å². The Morgan fingerprint density at radius 1 is 1.50 bits per heavy atom. The van der Waals surface area contributed by atoms with E-state index in [1.807, 2.05) is 0 Å². The normalized spacial score (nSPS) is 9.86. The summed E-state index contributed by atoms with van der Waals surface area (Å²) >= 11 is 0. The monoisotopic (exact) mass is 198 g/mol. The number of carbonyl (C=O) groups is 1. The molecule has 4 nitrogen and oxygen atoms in total. The maximum absolute atomic E-state index is 13.0. The van der Waals surface area contributed by atoms with E-state index in [9.17, 15) is 9.18 Å². The third kappa shape index (κ3) is 2.79. The van der Waals surface area contributed by atoms with Gasteiger partial charge in [0.05, 0.1) is 12.2 Å². The molecule has 3 N–H and O–H groups in total. The van der Waals surface area contributed by atoms with Crippen molar-refractivity contribution in [2.24, 2.45) is 5.73 Å². The summed E-state index contributed by atoms with van der Waals surface area (Å²) < 4.78 is 13.0. The van der Waals surface area contributed by atoms with Gasteiger partial charge in [-0.3, -0.25) is 9.63 Å². The molecule has 0 atom stereocenters. The predicted molar refractivity (Wildman–Crippen MR) is 48.9 cm³/mol. The Hall–Kier alpha value is -1.46. The average molecular weight is 198 g/mol. The Bertz CT molecular complexity index is 317. The van der Waals surface area contributed by atoms with E-state index in [0.29, 0.717) is 0 Å². The molecule has 0 aliphatic rings. The summed E-state index contributed by atoms with van der Waals surface area (Å²) in [5.41, 5.74) is 7.16. The molecule has 0 aromatic heterocycles. The van der Waals surface area contributed by atoms with Crippen molar-refractivity contribution in [1.82, 2.24) is 5.48 Å². The molecule has 0 heterocycles. The highest BCUT2D eigenvalue weighted by Crippen LogP contribution is 2.05. The molecule has 5 heteroatoms. The number of nitrogens with two attached hydrogens (primary N) is 1. The highest BCUT2D eigenvalue weighted by molar-refractivity contribution is 5.93. The van der Waals surface area contributed by atoms with E-state index in [1.165, 1.54) is 18.2 Å². The molecule has 0 unspecified atom stereocenters. The lowest BCUT2D eigenvalue weighted by atomic mass is 10.2. The van der Waals surface area contributed by atoms with Crippen molar-refractivity contribution in [3.8, 4) is 0 Å². The van der Waals surface area contributed by atoms with Crippen LogP contribution in [0.3, 0.4) is 0 Å². The molecule has 1 aromatic carbocycles. The molecule has 1 amide bonds. The van der Waals surface area contributed by atoms with Crippen LogP contribution in [0.5, 0.6) is 0 Å². The number of amides is 1. The zero-order valence-corrected chi connectivity index (χ0v) is 7.50. The van der Waals surface area contributed by atoms with E-state index < -0.39 is 11.7 Å². The van der Waals surface area contributed by atoms with Gasteiger partial charge in [0.2, 0.25) is 0 Å². The maximum Gasteiger partial charge on any atom is 0.277 e. The molecular weight excluding hydrogens is 187 g/mol. The third-order valence-electron chi connectivity index (χ3n) is 1.50. The molecule has 0 aliphatic heterocycles. The number of hydrogen-bond donors (Lipinski definition) is 2. The van der Waals surface area contributed by atoms with Gasteiger partial charge in [-0.05, 0) is 12.1 Å². The van der Waals surface area contributed by atoms with Gasteiger partial charge in [0.1, 0.15) is 5.82 Å². The van der Waals surface area contributed by atoms with Crippen LogP contribution in [-0.2, 0) is 4.84 Å².